The standard InChI is InChI=1S/C33H35F3N8O2S2/c1-20-25-10-23(13-37)44(16-21-14-40-41-15-21)29(25)8-9-30(20)48(45,46)42-28-18-43(17-27(28)22-6-4-2-3-5-7-22)31-26-11-24(12-33(34,35)36)47-32(26)39-19-38-31/h8-11,14-15,19,22,27-28,42H,2-7,12,16-18H2,1H3,(H,40,41). The lowest BCUT2D eigenvalue weighted by Crippen LogP contribution is -2.42. The Bertz CT molecular complexity index is 2090. The fourth-order valence-electron chi connectivity index (χ4n) is 7.59. The van der Waals surface area contributed by atoms with E-state index in [1.54, 1.807) is 37.5 Å². The smallest absolute Gasteiger partial charge is 0.354 e. The Kier molecular flexibility index (Phi) is 8.67. The number of benzene rings is 1. The Labute approximate surface area is 280 Å². The molecule has 15 heteroatoms. The maximum atomic E-state index is 14.2. The molecule has 0 spiro atoms. The van der Waals surface area contributed by atoms with Crippen LogP contribution >= 0.6 is 11.3 Å². The molecule has 1 aliphatic carbocycles. The second kappa shape index (κ2) is 12.8. The van der Waals surface area contributed by atoms with Crippen LogP contribution in [0, 0.1) is 30.1 Å². The number of hydrogen-bond acceptors (Lipinski definition) is 8. The fourth-order valence-corrected chi connectivity index (χ4v) is 10.1. The van der Waals surface area contributed by atoms with Crippen LogP contribution in [-0.4, -0.2) is 58.5 Å². The Balaban J connectivity index is 1.21. The van der Waals surface area contributed by atoms with Gasteiger partial charge < -0.3 is 9.47 Å². The number of fused-ring (bicyclic) bond motifs is 2. The number of sulfonamides is 1. The summed E-state index contributed by atoms with van der Waals surface area (Å²) in [4.78, 5) is 11.6. The molecule has 7 rings (SSSR count). The second-order valence-electron chi connectivity index (χ2n) is 12.9. The number of aryl methyl sites for hydroxylation is 1. The number of H-pyrrole nitrogens is 1. The predicted molar refractivity (Wildman–Crippen MR) is 177 cm³/mol. The molecule has 0 bridgehead atoms. The van der Waals surface area contributed by atoms with Crippen LogP contribution in [0.4, 0.5) is 19.0 Å². The number of alkyl halides is 3. The first-order valence-electron chi connectivity index (χ1n) is 16.1. The minimum absolute atomic E-state index is 0.0126. The quantitative estimate of drug-likeness (QED) is 0.178. The third-order valence-corrected chi connectivity index (χ3v) is 12.5. The van der Waals surface area contributed by atoms with Gasteiger partial charge in [-0.3, -0.25) is 5.10 Å². The van der Waals surface area contributed by atoms with E-state index in [0.717, 1.165) is 60.9 Å². The predicted octanol–water partition coefficient (Wildman–Crippen LogP) is 6.46. The van der Waals surface area contributed by atoms with Gasteiger partial charge in [0, 0.05) is 46.7 Å². The number of hydrogen-bond donors (Lipinski definition) is 2. The second-order valence-corrected chi connectivity index (χ2v) is 15.7. The van der Waals surface area contributed by atoms with E-state index < -0.39 is 28.7 Å². The monoisotopic (exact) mass is 696 g/mol. The van der Waals surface area contributed by atoms with E-state index in [1.165, 1.54) is 12.4 Å². The number of rotatable bonds is 8. The molecule has 1 saturated heterocycles. The molecule has 10 nitrogen and oxygen atoms in total. The van der Waals surface area contributed by atoms with Crippen LogP contribution in [0.1, 0.15) is 60.2 Å². The highest BCUT2D eigenvalue weighted by atomic mass is 32.2. The van der Waals surface area contributed by atoms with Crippen LogP contribution < -0.4 is 9.62 Å². The van der Waals surface area contributed by atoms with Crippen LogP contribution in [0.25, 0.3) is 21.1 Å². The van der Waals surface area contributed by atoms with Crippen molar-refractivity contribution in [3.05, 3.63) is 64.7 Å². The van der Waals surface area contributed by atoms with Crippen molar-refractivity contribution in [3.8, 4) is 6.07 Å². The molecule has 4 aromatic heterocycles. The van der Waals surface area contributed by atoms with Crippen LogP contribution in [-0.2, 0) is 23.0 Å². The number of anilines is 1. The van der Waals surface area contributed by atoms with E-state index in [0.29, 0.717) is 58.2 Å². The number of nitriles is 1. The molecule has 2 aliphatic rings. The van der Waals surface area contributed by atoms with Crippen LogP contribution in [0.3, 0.4) is 0 Å². The summed E-state index contributed by atoms with van der Waals surface area (Å²) in [5, 5.41) is 17.9. The topological polar surface area (TPSA) is 133 Å². The summed E-state index contributed by atoms with van der Waals surface area (Å²) in [6.07, 6.45) is 5.89. The first-order valence-corrected chi connectivity index (χ1v) is 18.4. The van der Waals surface area contributed by atoms with E-state index in [1.807, 2.05) is 9.47 Å². The summed E-state index contributed by atoms with van der Waals surface area (Å²) in [5.74, 6) is 0.816. The molecular formula is C33H35F3N8O2S2. The summed E-state index contributed by atoms with van der Waals surface area (Å²) in [6, 6.07) is 8.38. The molecule has 0 radical (unpaired) electrons. The minimum Gasteiger partial charge on any atom is -0.354 e. The van der Waals surface area contributed by atoms with Crippen LogP contribution in [0.15, 0.2) is 47.9 Å². The Morgan fingerprint density at radius 3 is 2.60 bits per heavy atom. The molecule has 1 aromatic carbocycles. The van der Waals surface area contributed by atoms with Gasteiger partial charge in [-0.15, -0.1) is 11.3 Å². The molecule has 2 unspecified atom stereocenters. The highest BCUT2D eigenvalue weighted by Gasteiger charge is 2.41. The van der Waals surface area contributed by atoms with Crippen molar-refractivity contribution >= 4 is 48.3 Å². The van der Waals surface area contributed by atoms with E-state index in [9.17, 15) is 26.9 Å². The third-order valence-electron chi connectivity index (χ3n) is 9.81. The number of nitrogens with one attached hydrogen (secondary N) is 2. The Morgan fingerprint density at radius 1 is 1.10 bits per heavy atom. The normalized spacial score (nSPS) is 19.7. The van der Waals surface area contributed by atoms with E-state index in [-0.39, 0.29) is 15.7 Å². The van der Waals surface area contributed by atoms with Crippen molar-refractivity contribution in [2.75, 3.05) is 18.0 Å². The van der Waals surface area contributed by atoms with Gasteiger partial charge in [-0.05, 0) is 48.6 Å². The zero-order valence-electron chi connectivity index (χ0n) is 26.3. The third kappa shape index (κ3) is 6.40. The zero-order chi connectivity index (χ0) is 33.6. The maximum absolute atomic E-state index is 14.2. The number of nitrogens with zero attached hydrogens (tertiary/aromatic N) is 6. The van der Waals surface area contributed by atoms with E-state index in [4.69, 9.17) is 0 Å². The molecule has 48 heavy (non-hydrogen) atoms. The maximum Gasteiger partial charge on any atom is 0.393 e. The summed E-state index contributed by atoms with van der Waals surface area (Å²) in [7, 11) is -4.01. The van der Waals surface area contributed by atoms with Crippen molar-refractivity contribution in [3.63, 3.8) is 0 Å². The largest absolute Gasteiger partial charge is 0.393 e. The van der Waals surface area contributed by atoms with Gasteiger partial charge in [-0.1, -0.05) is 38.5 Å². The van der Waals surface area contributed by atoms with Crippen LogP contribution in [0.5, 0.6) is 0 Å². The molecule has 1 saturated carbocycles. The number of halogens is 3. The number of aromatic amines is 1. The minimum atomic E-state index is -4.34. The molecule has 2 atom stereocenters. The van der Waals surface area contributed by atoms with Crippen LogP contribution in [0.2, 0.25) is 0 Å². The van der Waals surface area contributed by atoms with E-state index >= 15 is 0 Å². The average Bonchev–Trinajstić information content (AvgIpc) is 3.81. The number of aromatic nitrogens is 5. The number of thiophene rings is 1. The fraction of sp³-hybridized carbons (Fsp3) is 0.455. The molecule has 1 aliphatic heterocycles. The summed E-state index contributed by atoms with van der Waals surface area (Å²) in [5.41, 5.74) is 2.60. The lowest BCUT2D eigenvalue weighted by molar-refractivity contribution is -0.126. The SMILES string of the molecule is Cc1c(S(=O)(=O)NC2CN(c3ncnc4sc(CC(F)(F)F)cc34)CC2C2CCCCCC2)ccc2c1cc(C#N)n2Cc1cn[nH]c1. The molecule has 5 aromatic rings. The van der Waals surface area contributed by atoms with Crippen molar-refractivity contribution < 1.29 is 21.6 Å². The molecule has 0 amide bonds. The van der Waals surface area contributed by atoms with Crippen molar-refractivity contribution in [2.24, 2.45) is 11.8 Å². The van der Waals surface area contributed by atoms with Gasteiger partial charge in [-0.2, -0.15) is 23.5 Å². The zero-order valence-corrected chi connectivity index (χ0v) is 27.9. The van der Waals surface area contributed by atoms with Gasteiger partial charge in [0.15, 0.2) is 0 Å². The van der Waals surface area contributed by atoms with Crippen molar-refractivity contribution in [2.45, 2.75) is 75.5 Å². The molecule has 2 N–H and O–H groups in total. The molecule has 252 valence electrons. The van der Waals surface area contributed by atoms with Gasteiger partial charge in [-0.25, -0.2) is 23.1 Å². The molecule has 2 fully saturated rings. The van der Waals surface area contributed by atoms with Crippen molar-refractivity contribution in [1.82, 2.24) is 29.5 Å². The van der Waals surface area contributed by atoms with Gasteiger partial charge in [0.2, 0.25) is 10.0 Å². The Hall–Kier alpha value is -4.00. The average molecular weight is 697 g/mol. The van der Waals surface area contributed by atoms with Gasteiger partial charge in [0.05, 0.1) is 29.4 Å². The van der Waals surface area contributed by atoms with Crippen molar-refractivity contribution in [1.29, 1.82) is 5.26 Å². The Morgan fingerprint density at radius 2 is 1.90 bits per heavy atom. The molecule has 5 heterocycles. The van der Waals surface area contributed by atoms with E-state index in [2.05, 4.69) is 31.0 Å². The lowest BCUT2D eigenvalue weighted by atomic mass is 9.83. The van der Waals surface area contributed by atoms with Gasteiger partial charge in [0.25, 0.3) is 0 Å². The molecular weight excluding hydrogens is 662 g/mol. The summed E-state index contributed by atoms with van der Waals surface area (Å²) >= 11 is 1.01. The first kappa shape index (κ1) is 32.5. The summed E-state index contributed by atoms with van der Waals surface area (Å²) < 4.78 is 73.0. The van der Waals surface area contributed by atoms with Gasteiger partial charge in [0.1, 0.15) is 28.7 Å². The highest BCUT2D eigenvalue weighted by molar-refractivity contribution is 7.89. The summed E-state index contributed by atoms with van der Waals surface area (Å²) in [6.45, 7) is 3.04. The highest BCUT2D eigenvalue weighted by Crippen LogP contribution is 2.40. The van der Waals surface area contributed by atoms with Gasteiger partial charge >= 0.3 is 6.18 Å². The first-order chi connectivity index (χ1) is 23.0. The lowest BCUT2D eigenvalue weighted by Gasteiger charge is -2.27.